The maximum atomic E-state index is 11.6. The molecule has 0 saturated carbocycles. The van der Waals surface area contributed by atoms with Gasteiger partial charge in [-0.3, -0.25) is 9.89 Å². The number of nitrogens with zero attached hydrogens (tertiary/aromatic N) is 1. The van der Waals surface area contributed by atoms with Crippen molar-refractivity contribution in [1.82, 2.24) is 15.5 Å². The van der Waals surface area contributed by atoms with Crippen molar-refractivity contribution in [2.45, 2.75) is 6.42 Å². The lowest BCUT2D eigenvalue weighted by molar-refractivity contribution is -0.120. The molecule has 2 N–H and O–H groups in total. The zero-order chi connectivity index (χ0) is 15.2. The van der Waals surface area contributed by atoms with Gasteiger partial charge in [0, 0.05) is 16.9 Å². The maximum Gasteiger partial charge on any atom is 0.226 e. The van der Waals surface area contributed by atoms with Gasteiger partial charge in [-0.25, -0.2) is 0 Å². The summed E-state index contributed by atoms with van der Waals surface area (Å²) in [5.74, 6) is 0.224. The fourth-order valence-electron chi connectivity index (χ4n) is 1.63. The van der Waals surface area contributed by atoms with Crippen molar-refractivity contribution in [3.05, 3.63) is 45.2 Å². The van der Waals surface area contributed by atoms with Gasteiger partial charge in [-0.1, -0.05) is 34.8 Å². The number of rotatable bonds is 6. The molecule has 21 heavy (non-hydrogen) atoms. The van der Waals surface area contributed by atoms with Crippen LogP contribution in [0.15, 0.2) is 24.4 Å². The Balaban J connectivity index is 1.76. The predicted octanol–water partition coefficient (Wildman–Crippen LogP) is 3.11. The van der Waals surface area contributed by atoms with E-state index in [1.165, 1.54) is 0 Å². The first-order valence-electron chi connectivity index (χ1n) is 6.08. The molecule has 0 aliphatic heterocycles. The number of nitrogens with one attached hydrogen (secondary N) is 2. The summed E-state index contributed by atoms with van der Waals surface area (Å²) in [5, 5.41) is 10.3. The van der Waals surface area contributed by atoms with E-state index in [2.05, 4.69) is 15.5 Å². The van der Waals surface area contributed by atoms with Crippen LogP contribution >= 0.6 is 34.8 Å². The molecule has 5 nitrogen and oxygen atoms in total. The van der Waals surface area contributed by atoms with Crippen LogP contribution < -0.4 is 10.1 Å². The number of amides is 1. The lowest BCUT2D eigenvalue weighted by Crippen LogP contribution is -2.29. The number of aromatic amines is 1. The maximum absolute atomic E-state index is 11.6. The average molecular weight is 349 g/mol. The SMILES string of the molecule is O=C(Cc1ccn[nH]1)NCCOc1c(Cl)cc(Cl)cc1Cl. The van der Waals surface area contributed by atoms with Gasteiger partial charge in [0.05, 0.1) is 23.0 Å². The topological polar surface area (TPSA) is 67.0 Å². The van der Waals surface area contributed by atoms with Crippen molar-refractivity contribution in [1.29, 1.82) is 0 Å². The number of hydrogen-bond acceptors (Lipinski definition) is 3. The first-order chi connectivity index (χ1) is 10.1. The van der Waals surface area contributed by atoms with Crippen molar-refractivity contribution < 1.29 is 9.53 Å². The van der Waals surface area contributed by atoms with Gasteiger partial charge in [0.1, 0.15) is 6.61 Å². The molecule has 0 bridgehead atoms. The summed E-state index contributed by atoms with van der Waals surface area (Å²) in [4.78, 5) is 11.6. The summed E-state index contributed by atoms with van der Waals surface area (Å²) in [5.41, 5.74) is 0.747. The molecule has 0 unspecified atom stereocenters. The molecule has 0 spiro atoms. The van der Waals surface area contributed by atoms with Crippen LogP contribution in [-0.4, -0.2) is 29.3 Å². The highest BCUT2D eigenvalue weighted by atomic mass is 35.5. The summed E-state index contributed by atoms with van der Waals surface area (Å²) in [6, 6.07) is 4.83. The van der Waals surface area contributed by atoms with Crippen LogP contribution in [0.4, 0.5) is 0 Å². The van der Waals surface area contributed by atoms with E-state index in [0.29, 0.717) is 27.4 Å². The molecule has 0 aliphatic carbocycles. The molecule has 2 rings (SSSR count). The quantitative estimate of drug-likeness (QED) is 0.788. The minimum Gasteiger partial charge on any atom is -0.489 e. The molecule has 0 saturated heterocycles. The van der Waals surface area contributed by atoms with Gasteiger partial charge in [0.2, 0.25) is 5.91 Å². The predicted molar refractivity (Wildman–Crippen MR) is 82.3 cm³/mol. The molecule has 1 aromatic carbocycles. The van der Waals surface area contributed by atoms with Crippen LogP contribution in [-0.2, 0) is 11.2 Å². The van der Waals surface area contributed by atoms with Crippen LogP contribution in [0.3, 0.4) is 0 Å². The molecule has 1 heterocycles. The Kier molecular flexibility index (Phi) is 5.73. The Morgan fingerprint density at radius 1 is 1.29 bits per heavy atom. The number of hydrogen-bond donors (Lipinski definition) is 2. The molecule has 2 aromatic rings. The van der Waals surface area contributed by atoms with Crippen molar-refractivity contribution in [2.24, 2.45) is 0 Å². The lowest BCUT2D eigenvalue weighted by atomic mass is 10.3. The third kappa shape index (κ3) is 4.81. The van der Waals surface area contributed by atoms with Crippen LogP contribution in [0.2, 0.25) is 15.1 Å². The number of benzene rings is 1. The van der Waals surface area contributed by atoms with E-state index in [4.69, 9.17) is 39.5 Å². The monoisotopic (exact) mass is 347 g/mol. The molecule has 8 heteroatoms. The van der Waals surface area contributed by atoms with Crippen molar-refractivity contribution in [3.63, 3.8) is 0 Å². The number of carbonyl (C=O) groups excluding carboxylic acids is 1. The van der Waals surface area contributed by atoms with Gasteiger partial charge in [0.25, 0.3) is 0 Å². The Morgan fingerprint density at radius 3 is 2.62 bits per heavy atom. The highest BCUT2D eigenvalue weighted by Crippen LogP contribution is 2.35. The molecule has 0 atom stereocenters. The third-order valence-electron chi connectivity index (χ3n) is 2.54. The Labute approximate surface area is 136 Å². The van der Waals surface area contributed by atoms with E-state index in [0.717, 1.165) is 5.69 Å². The largest absolute Gasteiger partial charge is 0.489 e. The average Bonchev–Trinajstić information content (AvgIpc) is 2.89. The van der Waals surface area contributed by atoms with Crippen molar-refractivity contribution in [3.8, 4) is 5.75 Å². The summed E-state index contributed by atoms with van der Waals surface area (Å²) in [7, 11) is 0. The summed E-state index contributed by atoms with van der Waals surface area (Å²) >= 11 is 17.8. The molecule has 112 valence electrons. The standard InChI is InChI=1S/C13H12Cl3N3O2/c14-8-5-10(15)13(11(16)6-8)21-4-3-17-12(20)7-9-1-2-18-19-9/h1-2,5-6H,3-4,7H2,(H,17,20)(H,18,19). The second kappa shape index (κ2) is 7.54. The van der Waals surface area contributed by atoms with E-state index >= 15 is 0 Å². The van der Waals surface area contributed by atoms with Gasteiger partial charge in [0.15, 0.2) is 5.75 Å². The highest BCUT2D eigenvalue weighted by Gasteiger charge is 2.09. The highest BCUT2D eigenvalue weighted by molar-refractivity contribution is 6.40. The van der Waals surface area contributed by atoms with E-state index in [-0.39, 0.29) is 18.9 Å². The summed E-state index contributed by atoms with van der Waals surface area (Å²) in [6.07, 6.45) is 1.83. The van der Waals surface area contributed by atoms with E-state index in [9.17, 15) is 4.79 Å². The summed E-state index contributed by atoms with van der Waals surface area (Å²) in [6.45, 7) is 0.581. The fourth-order valence-corrected chi connectivity index (χ4v) is 2.56. The fraction of sp³-hybridized carbons (Fsp3) is 0.231. The summed E-state index contributed by atoms with van der Waals surface area (Å²) < 4.78 is 5.45. The number of halogens is 3. The van der Waals surface area contributed by atoms with Crippen LogP contribution in [0.25, 0.3) is 0 Å². The Hall–Kier alpha value is -1.43. The second-order valence-electron chi connectivity index (χ2n) is 4.16. The molecule has 0 fully saturated rings. The zero-order valence-electron chi connectivity index (χ0n) is 10.8. The number of ether oxygens (including phenoxy) is 1. The van der Waals surface area contributed by atoms with Gasteiger partial charge in [-0.2, -0.15) is 5.10 Å². The van der Waals surface area contributed by atoms with Gasteiger partial charge in [-0.15, -0.1) is 0 Å². The molecule has 1 aromatic heterocycles. The molecular formula is C13H12Cl3N3O2. The van der Waals surface area contributed by atoms with E-state index in [1.54, 1.807) is 24.4 Å². The molecule has 0 radical (unpaired) electrons. The normalized spacial score (nSPS) is 10.4. The van der Waals surface area contributed by atoms with Crippen LogP contribution in [0, 0.1) is 0 Å². The Bertz CT molecular complexity index is 594. The molecule has 1 amide bonds. The van der Waals surface area contributed by atoms with Gasteiger partial charge in [-0.05, 0) is 18.2 Å². The number of carbonyl (C=O) groups is 1. The first kappa shape index (κ1) is 15.9. The smallest absolute Gasteiger partial charge is 0.226 e. The molecular weight excluding hydrogens is 337 g/mol. The zero-order valence-corrected chi connectivity index (χ0v) is 13.1. The van der Waals surface area contributed by atoms with Crippen molar-refractivity contribution in [2.75, 3.05) is 13.2 Å². The minimum absolute atomic E-state index is 0.129. The number of aromatic nitrogens is 2. The van der Waals surface area contributed by atoms with Crippen molar-refractivity contribution >= 4 is 40.7 Å². The second-order valence-corrected chi connectivity index (χ2v) is 5.41. The van der Waals surface area contributed by atoms with Gasteiger partial charge < -0.3 is 10.1 Å². The van der Waals surface area contributed by atoms with Crippen LogP contribution in [0.1, 0.15) is 5.69 Å². The van der Waals surface area contributed by atoms with E-state index in [1.807, 2.05) is 0 Å². The number of H-pyrrole nitrogens is 1. The molecule has 0 aliphatic rings. The van der Waals surface area contributed by atoms with Crippen LogP contribution in [0.5, 0.6) is 5.75 Å². The first-order valence-corrected chi connectivity index (χ1v) is 7.22. The van der Waals surface area contributed by atoms with E-state index < -0.39 is 0 Å². The Morgan fingerprint density at radius 2 is 2.00 bits per heavy atom. The lowest BCUT2D eigenvalue weighted by Gasteiger charge is -2.11. The third-order valence-corrected chi connectivity index (χ3v) is 3.32. The van der Waals surface area contributed by atoms with Gasteiger partial charge >= 0.3 is 0 Å². The minimum atomic E-state index is -0.129.